The molecule has 36 heavy (non-hydrogen) atoms. The van der Waals surface area contributed by atoms with Crippen LogP contribution in [0.15, 0.2) is 11.6 Å². The summed E-state index contributed by atoms with van der Waals surface area (Å²) in [5.41, 5.74) is 2.94. The lowest BCUT2D eigenvalue weighted by molar-refractivity contribution is -0.0835. The average molecular weight is 515 g/mol. The molecule has 0 aromatic heterocycles. The number of fused-ring (bicyclic) bond motifs is 5. The van der Waals surface area contributed by atoms with E-state index in [1.54, 1.807) is 0 Å². The Morgan fingerprint density at radius 3 is 2.31 bits per heavy atom. The third kappa shape index (κ3) is 5.10. The Bertz CT molecular complexity index is 804. The summed E-state index contributed by atoms with van der Waals surface area (Å²) in [7, 11) is -1.68. The molecule has 0 N–H and O–H groups in total. The van der Waals surface area contributed by atoms with E-state index in [0.717, 1.165) is 41.4 Å². The summed E-state index contributed by atoms with van der Waals surface area (Å²) in [5.74, 6) is 6.08. The van der Waals surface area contributed by atoms with Gasteiger partial charge in [0.15, 0.2) is 8.32 Å². The molecule has 0 spiro atoms. The van der Waals surface area contributed by atoms with Crippen molar-refractivity contribution < 1.29 is 4.43 Å². The van der Waals surface area contributed by atoms with E-state index in [1.165, 1.54) is 64.2 Å². The van der Waals surface area contributed by atoms with Crippen molar-refractivity contribution in [3.63, 3.8) is 0 Å². The molecule has 0 aliphatic heterocycles. The second-order valence-electron chi connectivity index (χ2n) is 16.5. The smallest absolute Gasteiger partial charge is 0.192 e. The van der Waals surface area contributed by atoms with Crippen molar-refractivity contribution in [2.75, 3.05) is 0 Å². The molecule has 0 aromatic rings. The van der Waals surface area contributed by atoms with Gasteiger partial charge >= 0.3 is 0 Å². The van der Waals surface area contributed by atoms with Crippen molar-refractivity contribution in [3.05, 3.63) is 11.6 Å². The van der Waals surface area contributed by atoms with E-state index in [4.69, 9.17) is 4.43 Å². The molecule has 0 radical (unpaired) electrons. The van der Waals surface area contributed by atoms with Crippen LogP contribution in [0.2, 0.25) is 18.1 Å². The zero-order chi connectivity index (χ0) is 26.7. The van der Waals surface area contributed by atoms with Gasteiger partial charge in [0.25, 0.3) is 0 Å². The third-order valence-electron chi connectivity index (χ3n) is 13.3. The monoisotopic (exact) mass is 514 g/mol. The molecule has 3 saturated carbocycles. The third-order valence-corrected chi connectivity index (χ3v) is 17.8. The minimum atomic E-state index is -1.68. The summed E-state index contributed by atoms with van der Waals surface area (Å²) in [6.07, 6.45) is 17.3. The maximum atomic E-state index is 6.98. The summed E-state index contributed by atoms with van der Waals surface area (Å²) in [5, 5.41) is 0.314. The lowest BCUT2D eigenvalue weighted by Gasteiger charge is -2.60. The molecule has 4 aliphatic carbocycles. The molecule has 4 aliphatic rings. The van der Waals surface area contributed by atoms with Gasteiger partial charge in [0, 0.05) is 6.10 Å². The Kier molecular flexibility index (Phi) is 8.15. The molecule has 1 unspecified atom stereocenters. The molecule has 3 fully saturated rings. The van der Waals surface area contributed by atoms with Crippen LogP contribution in [0.25, 0.3) is 0 Å². The number of hydrogen-bond donors (Lipinski definition) is 0. The first-order chi connectivity index (χ1) is 16.6. The molecule has 4 rings (SSSR count). The zero-order valence-corrected chi connectivity index (χ0v) is 27.2. The van der Waals surface area contributed by atoms with Crippen LogP contribution < -0.4 is 0 Å². The molecule has 0 bridgehead atoms. The first-order valence-corrected chi connectivity index (χ1v) is 18.9. The van der Waals surface area contributed by atoms with Gasteiger partial charge in [0.1, 0.15) is 0 Å². The maximum Gasteiger partial charge on any atom is 0.192 e. The Hall–Kier alpha value is -0.0831. The first kappa shape index (κ1) is 28.9. The summed E-state index contributed by atoms with van der Waals surface area (Å²) in [4.78, 5) is 0. The lowest BCUT2D eigenvalue weighted by atomic mass is 9.45. The molecule has 0 heterocycles. The summed E-state index contributed by atoms with van der Waals surface area (Å²) >= 11 is 0. The SMILES string of the molecule is CC(C)[C@@H](C)CC[C@@H](C)[C@H]1CC=C2[C@@H]3CCC4C[C@@H](O[Si](C)(C)C(C)(C)C)CC[C@]4(C)[C@H]3CC[C@@]21C. The van der Waals surface area contributed by atoms with Gasteiger partial charge in [-0.3, -0.25) is 0 Å². The predicted molar refractivity (Wildman–Crippen MR) is 160 cm³/mol. The van der Waals surface area contributed by atoms with Crippen LogP contribution >= 0.6 is 0 Å². The van der Waals surface area contributed by atoms with Gasteiger partial charge in [-0.15, -0.1) is 0 Å². The van der Waals surface area contributed by atoms with E-state index in [0.29, 0.717) is 22.0 Å². The van der Waals surface area contributed by atoms with E-state index in [1.807, 2.05) is 5.57 Å². The summed E-state index contributed by atoms with van der Waals surface area (Å²) in [6.45, 7) is 27.3. The second-order valence-corrected chi connectivity index (χ2v) is 21.3. The van der Waals surface area contributed by atoms with Crippen LogP contribution in [0, 0.1) is 52.3 Å². The van der Waals surface area contributed by atoms with Gasteiger partial charge in [-0.1, -0.05) is 86.8 Å². The number of rotatable bonds is 7. The Morgan fingerprint density at radius 1 is 0.972 bits per heavy atom. The summed E-state index contributed by atoms with van der Waals surface area (Å²) < 4.78 is 6.98. The van der Waals surface area contributed by atoms with E-state index in [9.17, 15) is 0 Å². The fourth-order valence-electron chi connectivity index (χ4n) is 9.20. The molecular weight excluding hydrogens is 452 g/mol. The topological polar surface area (TPSA) is 9.23 Å². The molecule has 9 atom stereocenters. The van der Waals surface area contributed by atoms with Crippen molar-refractivity contribution >= 4 is 8.32 Å². The summed E-state index contributed by atoms with van der Waals surface area (Å²) in [6, 6.07) is 0. The highest BCUT2D eigenvalue weighted by Crippen LogP contribution is 2.67. The van der Waals surface area contributed by atoms with Gasteiger partial charge in [-0.2, -0.15) is 0 Å². The van der Waals surface area contributed by atoms with Crippen LogP contribution in [-0.2, 0) is 4.43 Å². The Balaban J connectivity index is 1.42. The minimum Gasteiger partial charge on any atom is -0.414 e. The van der Waals surface area contributed by atoms with Gasteiger partial charge in [0.2, 0.25) is 0 Å². The van der Waals surface area contributed by atoms with Crippen molar-refractivity contribution in [2.24, 2.45) is 52.3 Å². The molecule has 0 aromatic carbocycles. The zero-order valence-electron chi connectivity index (χ0n) is 26.2. The fourth-order valence-corrected chi connectivity index (χ4v) is 10.6. The Labute approximate surface area is 227 Å². The van der Waals surface area contributed by atoms with Crippen LogP contribution in [0.3, 0.4) is 0 Å². The predicted octanol–water partition coefficient (Wildman–Crippen LogP) is 10.7. The first-order valence-electron chi connectivity index (χ1n) is 16.0. The van der Waals surface area contributed by atoms with E-state index < -0.39 is 8.32 Å². The maximum absolute atomic E-state index is 6.98. The quantitative estimate of drug-likeness (QED) is 0.242. The molecule has 0 saturated heterocycles. The molecule has 0 amide bonds. The normalized spacial score (nSPS) is 40.8. The highest BCUT2D eigenvalue weighted by atomic mass is 28.4. The molecule has 2 heteroatoms. The van der Waals surface area contributed by atoms with E-state index >= 15 is 0 Å². The van der Waals surface area contributed by atoms with Crippen molar-refractivity contribution in [3.8, 4) is 0 Å². The highest BCUT2D eigenvalue weighted by molar-refractivity contribution is 6.74. The average Bonchev–Trinajstić information content (AvgIpc) is 3.13. The van der Waals surface area contributed by atoms with Crippen molar-refractivity contribution in [1.82, 2.24) is 0 Å². The second kappa shape index (κ2) is 10.1. The van der Waals surface area contributed by atoms with Gasteiger partial charge in [-0.05, 0) is 122 Å². The number of hydrogen-bond acceptors (Lipinski definition) is 1. The molecule has 208 valence electrons. The standard InChI is InChI=1S/C34H62OSi/c1-23(2)24(3)12-13-25(4)29-16-17-30-28-15-14-26-22-27(35-36(10,11)32(5,6)7)18-20-33(26,8)31(28)19-21-34(29,30)9/h17,23-29,31H,12-16,18-22H2,1-11H3/t24-,25+,26?,27-,28-,29+,31-,33-,34+/m0/s1. The van der Waals surface area contributed by atoms with Gasteiger partial charge < -0.3 is 4.43 Å². The molecule has 1 nitrogen and oxygen atoms in total. The largest absolute Gasteiger partial charge is 0.414 e. The van der Waals surface area contributed by atoms with Crippen molar-refractivity contribution in [2.45, 2.75) is 151 Å². The van der Waals surface area contributed by atoms with Crippen LogP contribution in [0.1, 0.15) is 127 Å². The van der Waals surface area contributed by atoms with E-state index in [2.05, 4.69) is 81.5 Å². The van der Waals surface area contributed by atoms with Crippen LogP contribution in [0.4, 0.5) is 0 Å². The highest BCUT2D eigenvalue weighted by Gasteiger charge is 2.58. The van der Waals surface area contributed by atoms with Gasteiger partial charge in [-0.25, -0.2) is 0 Å². The van der Waals surface area contributed by atoms with E-state index in [-0.39, 0.29) is 0 Å². The lowest BCUT2D eigenvalue weighted by Crippen LogP contribution is -2.53. The van der Waals surface area contributed by atoms with Crippen LogP contribution in [0.5, 0.6) is 0 Å². The minimum absolute atomic E-state index is 0.314. The molecular formula is C34H62OSi. The number of allylic oxidation sites excluding steroid dienone is 2. The van der Waals surface area contributed by atoms with Crippen molar-refractivity contribution in [1.29, 1.82) is 0 Å². The Morgan fingerprint density at radius 2 is 1.67 bits per heavy atom. The fraction of sp³-hybridized carbons (Fsp3) is 0.941. The van der Waals surface area contributed by atoms with Crippen LogP contribution in [-0.4, -0.2) is 14.4 Å². The van der Waals surface area contributed by atoms with Gasteiger partial charge in [0.05, 0.1) is 0 Å².